The van der Waals surface area contributed by atoms with Crippen LogP contribution >= 0.6 is 0 Å². The highest BCUT2D eigenvalue weighted by atomic mass is 19.3. The van der Waals surface area contributed by atoms with Crippen LogP contribution in [0.2, 0.25) is 0 Å². The van der Waals surface area contributed by atoms with E-state index in [-0.39, 0.29) is 18.3 Å². The third-order valence-corrected chi connectivity index (χ3v) is 5.06. The topological polar surface area (TPSA) is 27.7 Å². The van der Waals surface area contributed by atoms with Crippen molar-refractivity contribution in [2.24, 2.45) is 11.8 Å². The molecule has 1 saturated carbocycles. The van der Waals surface area contributed by atoms with Gasteiger partial charge in [0.25, 0.3) is 6.08 Å². The molecule has 24 heavy (non-hydrogen) atoms. The fourth-order valence-corrected chi connectivity index (χ4v) is 3.59. The van der Waals surface area contributed by atoms with Crippen LogP contribution in [-0.2, 0) is 14.2 Å². The van der Waals surface area contributed by atoms with E-state index in [0.717, 1.165) is 44.8 Å². The first kappa shape index (κ1) is 19.8. The van der Waals surface area contributed by atoms with Gasteiger partial charge in [0, 0.05) is 12.5 Å². The first-order valence-electron chi connectivity index (χ1n) is 9.56. The standard InChI is InChI=1S/C19H32F2O3/c1-2-3-4-5-6-11-22-17-13-23-19(24-14-17)16-9-7-15(8-10-16)12-18(20)21/h12,15-17,19H,2-11,13-14H2,1H3. The molecule has 1 heterocycles. The van der Waals surface area contributed by atoms with Gasteiger partial charge < -0.3 is 14.2 Å². The number of ether oxygens (including phenoxy) is 3. The Morgan fingerprint density at radius 3 is 2.29 bits per heavy atom. The lowest BCUT2D eigenvalue weighted by Crippen LogP contribution is -2.42. The highest BCUT2D eigenvalue weighted by molar-refractivity contribution is 4.91. The van der Waals surface area contributed by atoms with Crippen LogP contribution in [0.25, 0.3) is 0 Å². The summed E-state index contributed by atoms with van der Waals surface area (Å²) < 4.78 is 42.1. The average Bonchev–Trinajstić information content (AvgIpc) is 2.59. The summed E-state index contributed by atoms with van der Waals surface area (Å²) in [4.78, 5) is 0. The molecule has 0 unspecified atom stereocenters. The largest absolute Gasteiger partial charge is 0.373 e. The summed E-state index contributed by atoms with van der Waals surface area (Å²) in [5.41, 5.74) is 0. The smallest absolute Gasteiger partial charge is 0.266 e. The molecular weight excluding hydrogens is 314 g/mol. The van der Waals surface area contributed by atoms with Crippen LogP contribution in [0.15, 0.2) is 12.2 Å². The third-order valence-electron chi connectivity index (χ3n) is 5.06. The SMILES string of the molecule is CCCCCCCOC1COC(C2CCC(C=C(F)F)CC2)OC1. The second-order valence-corrected chi connectivity index (χ2v) is 7.07. The van der Waals surface area contributed by atoms with Crippen LogP contribution < -0.4 is 0 Å². The fraction of sp³-hybridized carbons (Fsp3) is 0.895. The molecule has 0 N–H and O–H groups in total. The van der Waals surface area contributed by atoms with Gasteiger partial charge in [0.15, 0.2) is 6.29 Å². The summed E-state index contributed by atoms with van der Waals surface area (Å²) in [5, 5.41) is 0. The van der Waals surface area contributed by atoms with Crippen molar-refractivity contribution in [2.75, 3.05) is 19.8 Å². The van der Waals surface area contributed by atoms with Crippen LogP contribution in [0.1, 0.15) is 64.7 Å². The van der Waals surface area contributed by atoms with Gasteiger partial charge in [0.1, 0.15) is 6.10 Å². The van der Waals surface area contributed by atoms with E-state index in [1.165, 1.54) is 25.7 Å². The van der Waals surface area contributed by atoms with E-state index in [9.17, 15) is 8.78 Å². The molecule has 2 aliphatic rings. The molecule has 0 aromatic rings. The fourth-order valence-electron chi connectivity index (χ4n) is 3.59. The molecule has 0 spiro atoms. The first-order chi connectivity index (χ1) is 11.7. The molecule has 2 fully saturated rings. The van der Waals surface area contributed by atoms with Crippen molar-refractivity contribution in [3.8, 4) is 0 Å². The molecule has 2 rings (SSSR count). The Hall–Kier alpha value is -0.520. The van der Waals surface area contributed by atoms with Gasteiger partial charge in [0.05, 0.1) is 13.2 Å². The molecule has 0 radical (unpaired) electrons. The van der Waals surface area contributed by atoms with Crippen LogP contribution in [0.5, 0.6) is 0 Å². The Morgan fingerprint density at radius 1 is 1.00 bits per heavy atom. The maximum atomic E-state index is 12.3. The van der Waals surface area contributed by atoms with Crippen molar-refractivity contribution in [3.05, 3.63) is 12.2 Å². The van der Waals surface area contributed by atoms with E-state index in [1.807, 2.05) is 0 Å². The van der Waals surface area contributed by atoms with E-state index < -0.39 is 6.08 Å². The zero-order valence-electron chi connectivity index (χ0n) is 14.9. The van der Waals surface area contributed by atoms with E-state index in [4.69, 9.17) is 14.2 Å². The predicted octanol–water partition coefficient (Wildman–Crippen LogP) is 5.30. The normalized spacial score (nSPS) is 31.0. The lowest BCUT2D eigenvalue weighted by Gasteiger charge is -2.37. The molecule has 0 bridgehead atoms. The lowest BCUT2D eigenvalue weighted by molar-refractivity contribution is -0.249. The van der Waals surface area contributed by atoms with Crippen LogP contribution in [0.4, 0.5) is 8.78 Å². The predicted molar refractivity (Wildman–Crippen MR) is 89.9 cm³/mol. The summed E-state index contributed by atoms with van der Waals surface area (Å²) in [6.45, 7) is 4.15. The monoisotopic (exact) mass is 346 g/mol. The first-order valence-corrected chi connectivity index (χ1v) is 9.56. The van der Waals surface area contributed by atoms with Crippen molar-refractivity contribution in [1.29, 1.82) is 0 Å². The molecule has 0 aromatic carbocycles. The number of allylic oxidation sites excluding steroid dienone is 1. The van der Waals surface area contributed by atoms with Crippen LogP contribution in [-0.4, -0.2) is 32.2 Å². The Labute approximate surface area is 144 Å². The van der Waals surface area contributed by atoms with E-state index >= 15 is 0 Å². The summed E-state index contributed by atoms with van der Waals surface area (Å²) >= 11 is 0. The highest BCUT2D eigenvalue weighted by Crippen LogP contribution is 2.34. The van der Waals surface area contributed by atoms with Gasteiger partial charge in [-0.15, -0.1) is 0 Å². The van der Waals surface area contributed by atoms with Crippen molar-refractivity contribution >= 4 is 0 Å². The Morgan fingerprint density at radius 2 is 1.67 bits per heavy atom. The maximum Gasteiger partial charge on any atom is 0.266 e. The number of halogens is 2. The van der Waals surface area contributed by atoms with Crippen LogP contribution in [0, 0.1) is 11.8 Å². The zero-order chi connectivity index (χ0) is 17.2. The van der Waals surface area contributed by atoms with Gasteiger partial charge in [-0.05, 0) is 44.1 Å². The average molecular weight is 346 g/mol. The van der Waals surface area contributed by atoms with Gasteiger partial charge in [-0.2, -0.15) is 8.78 Å². The number of hydrogen-bond donors (Lipinski definition) is 0. The second kappa shape index (κ2) is 11.2. The number of rotatable bonds is 9. The maximum absolute atomic E-state index is 12.3. The second-order valence-electron chi connectivity index (χ2n) is 7.07. The van der Waals surface area contributed by atoms with E-state index in [1.54, 1.807) is 0 Å². The number of unbranched alkanes of at least 4 members (excludes halogenated alkanes) is 4. The van der Waals surface area contributed by atoms with E-state index in [0.29, 0.717) is 19.1 Å². The lowest BCUT2D eigenvalue weighted by atomic mass is 9.81. The molecule has 0 aromatic heterocycles. The summed E-state index contributed by atoms with van der Waals surface area (Å²) in [7, 11) is 0. The Bertz CT molecular complexity index is 356. The molecular formula is C19H32F2O3. The summed E-state index contributed by atoms with van der Waals surface area (Å²) in [5.74, 6) is 0.339. The van der Waals surface area contributed by atoms with E-state index in [2.05, 4.69) is 6.92 Å². The molecule has 5 heteroatoms. The minimum absolute atomic E-state index is 0.0126. The molecule has 1 saturated heterocycles. The minimum atomic E-state index is -1.56. The zero-order valence-corrected chi connectivity index (χ0v) is 14.9. The molecule has 1 aliphatic carbocycles. The van der Waals surface area contributed by atoms with Gasteiger partial charge >= 0.3 is 0 Å². The molecule has 0 atom stereocenters. The molecule has 3 nitrogen and oxygen atoms in total. The van der Waals surface area contributed by atoms with Crippen LogP contribution in [0.3, 0.4) is 0 Å². The Kier molecular flexibility index (Phi) is 9.21. The molecule has 140 valence electrons. The molecule has 0 amide bonds. The van der Waals surface area contributed by atoms with Crippen molar-refractivity contribution in [1.82, 2.24) is 0 Å². The van der Waals surface area contributed by atoms with Gasteiger partial charge in [-0.25, -0.2) is 0 Å². The quantitative estimate of drug-likeness (QED) is 0.530. The summed E-state index contributed by atoms with van der Waals surface area (Å²) in [6, 6.07) is 0. The third kappa shape index (κ3) is 7.16. The van der Waals surface area contributed by atoms with Crippen molar-refractivity contribution in [2.45, 2.75) is 77.1 Å². The van der Waals surface area contributed by atoms with Gasteiger partial charge in [-0.3, -0.25) is 0 Å². The van der Waals surface area contributed by atoms with Gasteiger partial charge in [-0.1, -0.05) is 32.6 Å². The van der Waals surface area contributed by atoms with Crippen molar-refractivity contribution in [3.63, 3.8) is 0 Å². The molecule has 1 aliphatic heterocycles. The van der Waals surface area contributed by atoms with Crippen molar-refractivity contribution < 1.29 is 23.0 Å². The summed E-state index contributed by atoms with van der Waals surface area (Å²) in [6.07, 6.45) is 8.93. The van der Waals surface area contributed by atoms with Gasteiger partial charge in [0.2, 0.25) is 0 Å². The minimum Gasteiger partial charge on any atom is -0.373 e. The highest BCUT2D eigenvalue weighted by Gasteiger charge is 2.32. The Balaban J connectivity index is 1.56. The number of hydrogen-bond acceptors (Lipinski definition) is 3.